The molecule has 0 unspecified atom stereocenters. The van der Waals surface area contributed by atoms with Crippen molar-refractivity contribution in [3.8, 4) is 5.75 Å². The van der Waals surface area contributed by atoms with Crippen LogP contribution in [0.2, 0.25) is 0 Å². The number of carbonyl (C=O) groups is 2. The fourth-order valence-electron chi connectivity index (χ4n) is 3.00. The number of rotatable bonds is 8. The zero-order valence-corrected chi connectivity index (χ0v) is 17.9. The van der Waals surface area contributed by atoms with Crippen LogP contribution in [0.5, 0.6) is 5.75 Å². The number of hydrogen-bond donors (Lipinski definition) is 2. The third-order valence-electron chi connectivity index (χ3n) is 4.42. The molecule has 7 heteroatoms. The Morgan fingerprint density at radius 2 is 1.60 bits per heavy atom. The van der Waals surface area contributed by atoms with E-state index in [1.54, 1.807) is 6.07 Å². The van der Waals surface area contributed by atoms with Crippen molar-refractivity contribution in [1.29, 1.82) is 0 Å². The first-order valence-electron chi connectivity index (χ1n) is 9.60. The maximum atomic E-state index is 12.6. The van der Waals surface area contributed by atoms with E-state index in [1.807, 2.05) is 79.7 Å². The standard InChI is InChI=1S/C23H25N3O3S/c1-26(2)21-13-12-20(18-10-6-7-11-19(18)21)23(28)25-24-22(27)16-30-15-14-29-17-8-4-3-5-9-17/h3-13H,14-16H2,1-2H3,(H,24,27)(H,25,28). The molecule has 0 fully saturated rings. The molecular formula is C23H25N3O3S. The monoisotopic (exact) mass is 423 g/mol. The molecule has 3 aromatic rings. The first-order chi connectivity index (χ1) is 14.6. The minimum atomic E-state index is -0.345. The number of amides is 2. The van der Waals surface area contributed by atoms with E-state index in [9.17, 15) is 9.59 Å². The Morgan fingerprint density at radius 3 is 2.33 bits per heavy atom. The smallest absolute Gasteiger partial charge is 0.270 e. The molecule has 0 aliphatic rings. The van der Waals surface area contributed by atoms with E-state index < -0.39 is 0 Å². The van der Waals surface area contributed by atoms with Gasteiger partial charge in [-0.15, -0.1) is 11.8 Å². The first kappa shape index (κ1) is 21.5. The molecule has 0 saturated heterocycles. The van der Waals surface area contributed by atoms with Crippen LogP contribution in [0.3, 0.4) is 0 Å². The molecule has 3 aromatic carbocycles. The van der Waals surface area contributed by atoms with Gasteiger partial charge in [-0.2, -0.15) is 0 Å². The van der Waals surface area contributed by atoms with Crippen LogP contribution in [-0.4, -0.2) is 44.0 Å². The van der Waals surface area contributed by atoms with Crippen molar-refractivity contribution < 1.29 is 14.3 Å². The summed E-state index contributed by atoms with van der Waals surface area (Å²) in [7, 11) is 3.93. The molecule has 2 amide bonds. The molecule has 0 aliphatic carbocycles. The van der Waals surface area contributed by atoms with Gasteiger partial charge in [0.15, 0.2) is 0 Å². The van der Waals surface area contributed by atoms with Gasteiger partial charge in [-0.25, -0.2) is 0 Å². The van der Waals surface area contributed by atoms with Crippen LogP contribution < -0.4 is 20.5 Å². The number of para-hydroxylation sites is 1. The van der Waals surface area contributed by atoms with Crippen molar-refractivity contribution in [3.05, 3.63) is 72.3 Å². The van der Waals surface area contributed by atoms with Gasteiger partial charge < -0.3 is 9.64 Å². The van der Waals surface area contributed by atoms with Gasteiger partial charge in [0.05, 0.1) is 12.4 Å². The summed E-state index contributed by atoms with van der Waals surface area (Å²) in [6, 6.07) is 20.9. The van der Waals surface area contributed by atoms with Crippen LogP contribution >= 0.6 is 11.8 Å². The maximum Gasteiger partial charge on any atom is 0.270 e. The highest BCUT2D eigenvalue weighted by molar-refractivity contribution is 7.99. The van der Waals surface area contributed by atoms with Crippen LogP contribution in [0, 0.1) is 0 Å². The van der Waals surface area contributed by atoms with E-state index in [0.717, 1.165) is 22.2 Å². The van der Waals surface area contributed by atoms with Crippen LogP contribution in [0.15, 0.2) is 66.7 Å². The van der Waals surface area contributed by atoms with E-state index in [4.69, 9.17) is 4.74 Å². The van der Waals surface area contributed by atoms with Crippen LogP contribution in [-0.2, 0) is 4.79 Å². The second-order valence-electron chi connectivity index (χ2n) is 6.79. The number of hydrogen-bond acceptors (Lipinski definition) is 5. The second kappa shape index (κ2) is 10.5. The van der Waals surface area contributed by atoms with Gasteiger partial charge in [0.2, 0.25) is 5.91 Å². The summed E-state index contributed by atoms with van der Waals surface area (Å²) in [5.41, 5.74) is 6.53. The molecule has 0 aromatic heterocycles. The predicted molar refractivity (Wildman–Crippen MR) is 123 cm³/mol. The Balaban J connectivity index is 1.47. The second-order valence-corrected chi connectivity index (χ2v) is 7.89. The molecule has 0 heterocycles. The van der Waals surface area contributed by atoms with Crippen molar-refractivity contribution in [1.82, 2.24) is 10.9 Å². The summed E-state index contributed by atoms with van der Waals surface area (Å²) in [6.07, 6.45) is 0. The molecule has 0 radical (unpaired) electrons. The molecule has 6 nitrogen and oxygen atoms in total. The van der Waals surface area contributed by atoms with E-state index in [0.29, 0.717) is 17.9 Å². The SMILES string of the molecule is CN(C)c1ccc(C(=O)NNC(=O)CSCCOc2ccccc2)c2ccccc12. The summed E-state index contributed by atoms with van der Waals surface area (Å²) >= 11 is 1.44. The molecular weight excluding hydrogens is 398 g/mol. The molecule has 30 heavy (non-hydrogen) atoms. The Morgan fingerprint density at radius 1 is 0.900 bits per heavy atom. The van der Waals surface area contributed by atoms with Crippen molar-refractivity contribution in [2.24, 2.45) is 0 Å². The van der Waals surface area contributed by atoms with Gasteiger partial charge in [0, 0.05) is 36.5 Å². The Labute approximate surface area is 180 Å². The fourth-order valence-corrected chi connectivity index (χ4v) is 3.60. The van der Waals surface area contributed by atoms with Gasteiger partial charge in [-0.1, -0.05) is 42.5 Å². The topological polar surface area (TPSA) is 70.7 Å². The summed E-state index contributed by atoms with van der Waals surface area (Å²) in [6.45, 7) is 0.512. The lowest BCUT2D eigenvalue weighted by Crippen LogP contribution is -2.42. The lowest BCUT2D eigenvalue weighted by Gasteiger charge is -2.17. The number of ether oxygens (including phenoxy) is 1. The quantitative estimate of drug-likeness (QED) is 0.429. The average molecular weight is 424 g/mol. The molecule has 3 rings (SSSR count). The molecule has 0 bridgehead atoms. The summed E-state index contributed by atoms with van der Waals surface area (Å²) < 4.78 is 5.59. The number of thioether (sulfide) groups is 1. The third kappa shape index (κ3) is 5.67. The molecule has 156 valence electrons. The zero-order chi connectivity index (χ0) is 21.3. The number of anilines is 1. The normalized spacial score (nSPS) is 10.5. The zero-order valence-electron chi connectivity index (χ0n) is 17.1. The highest BCUT2D eigenvalue weighted by Crippen LogP contribution is 2.28. The molecule has 0 spiro atoms. The lowest BCUT2D eigenvalue weighted by atomic mass is 10.0. The van der Waals surface area contributed by atoms with Crippen molar-refractivity contribution in [3.63, 3.8) is 0 Å². The molecule has 0 aliphatic heterocycles. The van der Waals surface area contributed by atoms with Crippen LogP contribution in [0.1, 0.15) is 10.4 Å². The lowest BCUT2D eigenvalue weighted by molar-refractivity contribution is -0.119. The molecule has 0 atom stereocenters. The highest BCUT2D eigenvalue weighted by atomic mass is 32.2. The maximum absolute atomic E-state index is 12.6. The van der Waals surface area contributed by atoms with Crippen LogP contribution in [0.4, 0.5) is 5.69 Å². The Kier molecular flexibility index (Phi) is 7.57. The van der Waals surface area contributed by atoms with Gasteiger partial charge in [0.1, 0.15) is 5.75 Å². The van der Waals surface area contributed by atoms with E-state index in [-0.39, 0.29) is 17.6 Å². The third-order valence-corrected chi connectivity index (χ3v) is 5.34. The number of carbonyl (C=O) groups excluding carboxylic acids is 2. The largest absolute Gasteiger partial charge is 0.493 e. The summed E-state index contributed by atoms with van der Waals surface area (Å²) in [5.74, 6) is 1.11. The summed E-state index contributed by atoms with van der Waals surface area (Å²) in [5, 5.41) is 1.82. The van der Waals surface area contributed by atoms with Crippen molar-refractivity contribution >= 4 is 40.0 Å². The van der Waals surface area contributed by atoms with Crippen LogP contribution in [0.25, 0.3) is 10.8 Å². The minimum Gasteiger partial charge on any atom is -0.493 e. The first-order valence-corrected chi connectivity index (χ1v) is 10.8. The average Bonchev–Trinajstić information content (AvgIpc) is 2.77. The Hall–Kier alpha value is -3.19. The number of benzene rings is 3. The van der Waals surface area contributed by atoms with Crippen molar-refractivity contribution in [2.45, 2.75) is 0 Å². The highest BCUT2D eigenvalue weighted by Gasteiger charge is 2.13. The number of nitrogens with zero attached hydrogens (tertiary/aromatic N) is 1. The van der Waals surface area contributed by atoms with Gasteiger partial charge in [-0.05, 0) is 29.7 Å². The summed E-state index contributed by atoms with van der Waals surface area (Å²) in [4.78, 5) is 26.6. The number of fused-ring (bicyclic) bond motifs is 1. The van der Waals surface area contributed by atoms with Gasteiger partial charge in [0.25, 0.3) is 5.91 Å². The van der Waals surface area contributed by atoms with E-state index in [1.165, 1.54) is 11.8 Å². The number of hydrazine groups is 1. The fraction of sp³-hybridized carbons (Fsp3) is 0.217. The van der Waals surface area contributed by atoms with E-state index >= 15 is 0 Å². The van der Waals surface area contributed by atoms with Gasteiger partial charge >= 0.3 is 0 Å². The van der Waals surface area contributed by atoms with E-state index in [2.05, 4.69) is 10.9 Å². The Bertz CT molecular complexity index is 1010. The van der Waals surface area contributed by atoms with Crippen molar-refractivity contribution in [2.75, 3.05) is 37.1 Å². The molecule has 0 saturated carbocycles. The molecule has 2 N–H and O–H groups in total. The number of nitrogens with one attached hydrogen (secondary N) is 2. The van der Waals surface area contributed by atoms with Gasteiger partial charge in [-0.3, -0.25) is 20.4 Å². The minimum absolute atomic E-state index is 0.235. The predicted octanol–water partition coefficient (Wildman–Crippen LogP) is 3.48.